The molecule has 0 radical (unpaired) electrons. The van der Waals surface area contributed by atoms with Crippen molar-refractivity contribution in [2.24, 2.45) is 0 Å². The van der Waals surface area contributed by atoms with Gasteiger partial charge in [0, 0.05) is 0 Å². The highest BCUT2D eigenvalue weighted by molar-refractivity contribution is 5.79. The third-order valence-corrected chi connectivity index (χ3v) is 1.61. The molecule has 0 aliphatic heterocycles. The molecule has 4 nitrogen and oxygen atoms in total. The summed E-state index contributed by atoms with van der Waals surface area (Å²) < 4.78 is 20.7. The van der Waals surface area contributed by atoms with E-state index in [-0.39, 0.29) is 10.8 Å². The summed E-state index contributed by atoms with van der Waals surface area (Å²) in [5.74, 6) is -0.606. The van der Waals surface area contributed by atoms with E-state index in [1.165, 1.54) is 6.07 Å². The van der Waals surface area contributed by atoms with Gasteiger partial charge in [0.15, 0.2) is 0 Å². The molecular formula is C8H3FO4. The molecule has 1 aromatic heterocycles. The summed E-state index contributed by atoms with van der Waals surface area (Å²) in [7, 11) is 0. The van der Waals surface area contributed by atoms with Crippen LogP contribution in [0.1, 0.15) is 0 Å². The average Bonchev–Trinajstić information content (AvgIpc) is 2.12. The minimum absolute atomic E-state index is 0.0117. The van der Waals surface area contributed by atoms with E-state index in [1.54, 1.807) is 0 Å². The van der Waals surface area contributed by atoms with Gasteiger partial charge in [-0.1, -0.05) is 0 Å². The van der Waals surface area contributed by atoms with E-state index in [0.717, 1.165) is 12.1 Å². The van der Waals surface area contributed by atoms with Gasteiger partial charge in [-0.25, -0.2) is 23.1 Å². The van der Waals surface area contributed by atoms with Crippen LogP contribution in [0.25, 0.3) is 10.8 Å². The maximum Gasteiger partial charge on any atom is 0.387 e. The van der Waals surface area contributed by atoms with E-state index in [0.29, 0.717) is 0 Å². The fourth-order valence-electron chi connectivity index (χ4n) is 1.03. The quantitative estimate of drug-likeness (QED) is 0.567. The van der Waals surface area contributed by atoms with Crippen LogP contribution in [0.3, 0.4) is 0 Å². The van der Waals surface area contributed by atoms with Crippen molar-refractivity contribution in [2.75, 3.05) is 0 Å². The fraction of sp³-hybridized carbons (Fsp3) is 0. The van der Waals surface area contributed by atoms with Crippen molar-refractivity contribution in [3.05, 3.63) is 44.9 Å². The van der Waals surface area contributed by atoms with Crippen LogP contribution in [0.4, 0.5) is 4.39 Å². The van der Waals surface area contributed by atoms with Crippen molar-refractivity contribution in [1.29, 1.82) is 0 Å². The number of hydrogen-bond acceptors (Lipinski definition) is 4. The monoisotopic (exact) mass is 182 g/mol. The molecule has 1 aromatic carbocycles. The molecule has 0 amide bonds. The highest BCUT2D eigenvalue weighted by atomic mass is 19.1. The van der Waals surface area contributed by atoms with Gasteiger partial charge in [-0.15, -0.1) is 0 Å². The lowest BCUT2D eigenvalue weighted by atomic mass is 10.2. The van der Waals surface area contributed by atoms with Crippen LogP contribution < -0.4 is 11.3 Å². The Bertz CT molecular complexity index is 566. The van der Waals surface area contributed by atoms with Crippen molar-refractivity contribution in [3.8, 4) is 0 Å². The maximum atomic E-state index is 12.6. The smallest absolute Gasteiger partial charge is 0.241 e. The Morgan fingerprint density at radius 3 is 2.31 bits per heavy atom. The van der Waals surface area contributed by atoms with Gasteiger partial charge in [-0.3, -0.25) is 0 Å². The summed E-state index contributed by atoms with van der Waals surface area (Å²) in [6.45, 7) is 0. The van der Waals surface area contributed by atoms with Gasteiger partial charge in [0.25, 0.3) is 0 Å². The van der Waals surface area contributed by atoms with Gasteiger partial charge in [-0.05, 0) is 18.2 Å². The average molecular weight is 182 g/mol. The van der Waals surface area contributed by atoms with Crippen molar-refractivity contribution < 1.29 is 13.5 Å². The van der Waals surface area contributed by atoms with Crippen LogP contribution in [0.5, 0.6) is 0 Å². The first-order chi connectivity index (χ1) is 6.18. The Labute approximate surface area is 70.1 Å². The van der Waals surface area contributed by atoms with Crippen LogP contribution in [-0.2, 0) is 0 Å². The van der Waals surface area contributed by atoms with E-state index >= 15 is 0 Å². The molecule has 0 saturated carbocycles. The van der Waals surface area contributed by atoms with Gasteiger partial charge in [0.1, 0.15) is 5.82 Å². The zero-order valence-corrected chi connectivity index (χ0v) is 6.24. The lowest BCUT2D eigenvalue weighted by Gasteiger charge is -1.91. The van der Waals surface area contributed by atoms with Crippen LogP contribution in [0.15, 0.2) is 36.9 Å². The van der Waals surface area contributed by atoms with Gasteiger partial charge in [-0.2, -0.15) is 0 Å². The molecule has 0 fully saturated rings. The van der Waals surface area contributed by atoms with Crippen LogP contribution >= 0.6 is 0 Å². The van der Waals surface area contributed by atoms with Crippen molar-refractivity contribution >= 4 is 10.8 Å². The predicted molar refractivity (Wildman–Crippen MR) is 41.0 cm³/mol. The normalized spacial score (nSPS) is 10.5. The number of benzene rings is 1. The van der Waals surface area contributed by atoms with Crippen LogP contribution in [0, 0.1) is 5.82 Å². The fourth-order valence-corrected chi connectivity index (χ4v) is 1.03. The second-order valence-electron chi connectivity index (χ2n) is 2.43. The van der Waals surface area contributed by atoms with E-state index in [9.17, 15) is 14.0 Å². The topological polar surface area (TPSA) is 60.4 Å². The first-order valence-corrected chi connectivity index (χ1v) is 3.41. The van der Waals surface area contributed by atoms with E-state index in [1.807, 2.05) is 0 Å². The highest BCUT2D eigenvalue weighted by Gasteiger charge is 2.06. The molecule has 0 bridgehead atoms. The summed E-state index contributed by atoms with van der Waals surface area (Å²) >= 11 is 0. The summed E-state index contributed by atoms with van der Waals surface area (Å²) in [5.41, 5.74) is -1.66. The second kappa shape index (κ2) is 2.55. The molecule has 0 aliphatic rings. The highest BCUT2D eigenvalue weighted by Crippen LogP contribution is 2.06. The number of rotatable bonds is 0. The largest absolute Gasteiger partial charge is 0.387 e. The first kappa shape index (κ1) is 7.72. The molecule has 0 spiro atoms. The Kier molecular flexibility index (Phi) is 1.51. The second-order valence-corrected chi connectivity index (χ2v) is 2.43. The van der Waals surface area contributed by atoms with Crippen LogP contribution in [0.2, 0.25) is 0 Å². The summed E-state index contributed by atoms with van der Waals surface area (Å²) in [4.78, 5) is 21.8. The van der Waals surface area contributed by atoms with Crippen molar-refractivity contribution in [2.45, 2.75) is 0 Å². The van der Waals surface area contributed by atoms with Gasteiger partial charge >= 0.3 is 11.3 Å². The summed E-state index contributed by atoms with van der Waals surface area (Å²) in [6, 6.07) is 3.17. The van der Waals surface area contributed by atoms with E-state index in [4.69, 9.17) is 0 Å². The van der Waals surface area contributed by atoms with E-state index < -0.39 is 17.1 Å². The molecule has 0 saturated heterocycles. The third-order valence-electron chi connectivity index (χ3n) is 1.61. The molecule has 1 heterocycles. The molecule has 0 atom stereocenters. The van der Waals surface area contributed by atoms with E-state index in [2.05, 4.69) is 9.15 Å². The molecular weight excluding hydrogens is 179 g/mol. The van der Waals surface area contributed by atoms with Gasteiger partial charge < -0.3 is 0 Å². The first-order valence-electron chi connectivity index (χ1n) is 3.41. The maximum absolute atomic E-state index is 12.6. The summed E-state index contributed by atoms with van der Waals surface area (Å²) in [5, 5.41) is -0.103. The molecule has 2 rings (SSSR count). The summed E-state index contributed by atoms with van der Waals surface area (Å²) in [6.07, 6.45) is 0. The van der Waals surface area contributed by atoms with Gasteiger partial charge in [0.2, 0.25) is 0 Å². The molecule has 0 N–H and O–H groups in total. The molecule has 0 unspecified atom stereocenters. The van der Waals surface area contributed by atoms with Gasteiger partial charge in [0.05, 0.1) is 10.8 Å². The Hall–Kier alpha value is -1.91. The minimum atomic E-state index is -0.867. The SMILES string of the molecule is O=c1ooc(=O)c2cc(F)ccc12. The Morgan fingerprint density at radius 1 is 1.00 bits per heavy atom. The number of hydrogen-bond donors (Lipinski definition) is 0. The predicted octanol–water partition coefficient (Wildman–Crippen LogP) is 0.885. The number of halogens is 1. The lowest BCUT2D eigenvalue weighted by molar-refractivity contribution is 0.0216. The molecule has 5 heteroatoms. The zero-order valence-electron chi connectivity index (χ0n) is 6.24. The standard InChI is InChI=1S/C8H3FO4/c9-4-1-2-5-6(3-4)8(11)13-12-7(5)10/h1-3H. The van der Waals surface area contributed by atoms with Crippen molar-refractivity contribution in [1.82, 2.24) is 0 Å². The van der Waals surface area contributed by atoms with Crippen LogP contribution in [-0.4, -0.2) is 0 Å². The number of fused-ring (bicyclic) bond motifs is 1. The molecule has 66 valence electrons. The van der Waals surface area contributed by atoms with Crippen molar-refractivity contribution in [3.63, 3.8) is 0 Å². The Morgan fingerprint density at radius 2 is 1.62 bits per heavy atom. The molecule has 0 aliphatic carbocycles. The Balaban J connectivity index is 3.10. The molecule has 13 heavy (non-hydrogen) atoms. The minimum Gasteiger partial charge on any atom is -0.241 e. The zero-order chi connectivity index (χ0) is 9.42. The third kappa shape index (κ3) is 1.14. The molecule has 2 aromatic rings. The lowest BCUT2D eigenvalue weighted by Crippen LogP contribution is -2.08.